The fourth-order valence-corrected chi connectivity index (χ4v) is 4.43. The number of hydrogen-bond donors (Lipinski definition) is 2. The first-order chi connectivity index (χ1) is 17.5. The van der Waals surface area contributed by atoms with E-state index in [1.54, 1.807) is 30.6 Å². The van der Waals surface area contributed by atoms with Gasteiger partial charge < -0.3 is 15.5 Å². The lowest BCUT2D eigenvalue weighted by molar-refractivity contribution is 0.0950. The molecule has 1 aliphatic rings. The van der Waals surface area contributed by atoms with Gasteiger partial charge in [0.05, 0.1) is 0 Å². The molecule has 2 N–H and O–H groups in total. The third-order valence-corrected chi connectivity index (χ3v) is 6.45. The normalized spacial score (nSPS) is 13.0. The highest BCUT2D eigenvalue weighted by Crippen LogP contribution is 2.23. The molecule has 0 radical (unpaired) electrons. The van der Waals surface area contributed by atoms with Crippen LogP contribution in [0, 0.1) is 0 Å². The maximum Gasteiger partial charge on any atom is 0.255 e. The number of nitrogens with zero attached hydrogens (tertiary/aromatic N) is 2. The number of carbonyl (C=O) groups is 2. The van der Waals surface area contributed by atoms with E-state index in [-0.39, 0.29) is 11.8 Å². The zero-order valence-electron chi connectivity index (χ0n) is 20.2. The molecule has 5 rings (SSSR count). The van der Waals surface area contributed by atoms with Crippen molar-refractivity contribution in [3.8, 4) is 11.1 Å². The van der Waals surface area contributed by atoms with Crippen LogP contribution >= 0.6 is 0 Å². The second kappa shape index (κ2) is 10.5. The van der Waals surface area contributed by atoms with E-state index < -0.39 is 0 Å². The van der Waals surface area contributed by atoms with Crippen molar-refractivity contribution in [2.24, 2.45) is 0 Å². The molecular formula is C30H28N4O2. The summed E-state index contributed by atoms with van der Waals surface area (Å²) in [4.78, 5) is 32.0. The number of nitrogens with one attached hydrogen (secondary N) is 2. The highest BCUT2D eigenvalue weighted by Gasteiger charge is 2.15. The van der Waals surface area contributed by atoms with E-state index in [2.05, 4.69) is 39.7 Å². The molecule has 0 unspecified atom stereocenters. The molecule has 180 valence electrons. The number of carbonyl (C=O) groups excluding carboxylic acids is 2. The van der Waals surface area contributed by atoms with E-state index in [0.717, 1.165) is 41.9 Å². The Morgan fingerprint density at radius 3 is 2.53 bits per heavy atom. The van der Waals surface area contributed by atoms with Gasteiger partial charge in [-0.2, -0.15) is 0 Å². The molecule has 4 aromatic rings. The quantitative estimate of drug-likeness (QED) is 0.414. The number of fused-ring (bicyclic) bond motifs is 1. The minimum Gasteiger partial charge on any atom is -0.348 e. The average Bonchev–Trinajstić information content (AvgIpc) is 2.92. The summed E-state index contributed by atoms with van der Waals surface area (Å²) in [5, 5.41) is 5.95. The zero-order chi connectivity index (χ0) is 24.9. The Labute approximate surface area is 211 Å². The van der Waals surface area contributed by atoms with E-state index in [1.807, 2.05) is 48.5 Å². The van der Waals surface area contributed by atoms with Gasteiger partial charge in [-0.3, -0.25) is 14.6 Å². The summed E-state index contributed by atoms with van der Waals surface area (Å²) in [6, 6.07) is 24.8. The second-order valence-corrected chi connectivity index (χ2v) is 9.13. The maximum absolute atomic E-state index is 12.9. The molecule has 36 heavy (non-hydrogen) atoms. The molecule has 2 heterocycles. The van der Waals surface area contributed by atoms with Gasteiger partial charge in [0.25, 0.3) is 11.8 Å². The molecule has 0 saturated heterocycles. The van der Waals surface area contributed by atoms with E-state index in [0.29, 0.717) is 17.7 Å². The van der Waals surface area contributed by atoms with Gasteiger partial charge in [-0.1, -0.05) is 36.4 Å². The summed E-state index contributed by atoms with van der Waals surface area (Å²) in [6.07, 6.45) is 4.56. The van der Waals surface area contributed by atoms with Crippen LogP contribution in [0.2, 0.25) is 0 Å². The molecule has 1 aliphatic heterocycles. The number of hydrogen-bond acceptors (Lipinski definition) is 4. The molecule has 0 aliphatic carbocycles. The molecule has 0 spiro atoms. The van der Waals surface area contributed by atoms with Gasteiger partial charge in [-0.15, -0.1) is 0 Å². The minimum atomic E-state index is -0.168. The van der Waals surface area contributed by atoms with Crippen molar-refractivity contribution < 1.29 is 9.59 Å². The molecular weight excluding hydrogens is 448 g/mol. The molecule has 0 saturated carbocycles. The summed E-state index contributed by atoms with van der Waals surface area (Å²) < 4.78 is 0. The number of rotatable bonds is 6. The van der Waals surface area contributed by atoms with Crippen molar-refractivity contribution in [3.63, 3.8) is 0 Å². The fraction of sp³-hybridized carbons (Fsp3) is 0.167. The summed E-state index contributed by atoms with van der Waals surface area (Å²) >= 11 is 0. The summed E-state index contributed by atoms with van der Waals surface area (Å²) in [5.41, 5.74) is 7.39. The maximum atomic E-state index is 12.9. The Morgan fingerprint density at radius 1 is 0.861 bits per heavy atom. The van der Waals surface area contributed by atoms with Crippen molar-refractivity contribution in [2.75, 3.05) is 18.9 Å². The molecule has 6 nitrogen and oxygen atoms in total. The van der Waals surface area contributed by atoms with Crippen LogP contribution in [0.5, 0.6) is 0 Å². The smallest absolute Gasteiger partial charge is 0.255 e. The van der Waals surface area contributed by atoms with Crippen molar-refractivity contribution in [3.05, 3.63) is 119 Å². The number of pyridine rings is 1. The van der Waals surface area contributed by atoms with Crippen LogP contribution in [-0.4, -0.2) is 35.3 Å². The molecule has 2 amide bonds. The Hall–Kier alpha value is -4.29. The largest absolute Gasteiger partial charge is 0.348 e. The summed E-state index contributed by atoms with van der Waals surface area (Å²) in [5.74, 6) is -0.333. The lowest BCUT2D eigenvalue weighted by atomic mass is 9.99. The monoisotopic (exact) mass is 476 g/mol. The second-order valence-electron chi connectivity index (χ2n) is 9.13. The molecule has 0 bridgehead atoms. The first-order valence-corrected chi connectivity index (χ1v) is 12.0. The van der Waals surface area contributed by atoms with Gasteiger partial charge in [-0.25, -0.2) is 0 Å². The highest BCUT2D eigenvalue weighted by molar-refractivity contribution is 6.04. The van der Waals surface area contributed by atoms with Crippen molar-refractivity contribution in [2.45, 2.75) is 19.5 Å². The zero-order valence-corrected chi connectivity index (χ0v) is 20.2. The third-order valence-electron chi connectivity index (χ3n) is 6.45. The standard InChI is InChI=1S/C30H28N4O2/c1-34-15-13-23-11-12-28(17-27(23)20-34)33-30(36)25-5-2-4-21(16-25)18-32-29(35)24-9-7-22(8-10-24)26-6-3-14-31-19-26/h2-12,14,16-17,19H,13,15,18,20H2,1H3,(H,32,35)(H,33,36). The van der Waals surface area contributed by atoms with E-state index >= 15 is 0 Å². The molecule has 0 atom stereocenters. The summed E-state index contributed by atoms with van der Waals surface area (Å²) in [7, 11) is 2.11. The number of aromatic nitrogens is 1. The van der Waals surface area contributed by atoms with Crippen LogP contribution < -0.4 is 10.6 Å². The average molecular weight is 477 g/mol. The lowest BCUT2D eigenvalue weighted by Crippen LogP contribution is -2.26. The van der Waals surface area contributed by atoms with Crippen LogP contribution in [0.15, 0.2) is 91.3 Å². The van der Waals surface area contributed by atoms with Crippen molar-refractivity contribution >= 4 is 17.5 Å². The molecule has 0 fully saturated rings. The van der Waals surface area contributed by atoms with Gasteiger partial charge in [0, 0.05) is 48.8 Å². The molecule has 1 aromatic heterocycles. The minimum absolute atomic E-state index is 0.165. The molecule has 6 heteroatoms. The van der Waals surface area contributed by atoms with Gasteiger partial charge in [0.15, 0.2) is 0 Å². The van der Waals surface area contributed by atoms with Crippen LogP contribution in [0.1, 0.15) is 37.4 Å². The highest BCUT2D eigenvalue weighted by atomic mass is 16.2. The van der Waals surface area contributed by atoms with Gasteiger partial charge >= 0.3 is 0 Å². The number of amides is 2. The fourth-order valence-electron chi connectivity index (χ4n) is 4.43. The van der Waals surface area contributed by atoms with Gasteiger partial charge in [-0.05, 0) is 83.8 Å². The van der Waals surface area contributed by atoms with E-state index in [9.17, 15) is 9.59 Å². The third kappa shape index (κ3) is 5.50. The molecule has 3 aromatic carbocycles. The van der Waals surface area contributed by atoms with Crippen LogP contribution in [0.4, 0.5) is 5.69 Å². The van der Waals surface area contributed by atoms with E-state index in [1.165, 1.54) is 11.1 Å². The van der Waals surface area contributed by atoms with Gasteiger partial charge in [0.1, 0.15) is 0 Å². The predicted octanol–water partition coefficient (Wildman–Crippen LogP) is 4.92. The Bertz CT molecular complexity index is 1380. The van der Waals surface area contributed by atoms with Gasteiger partial charge in [0.2, 0.25) is 0 Å². The van der Waals surface area contributed by atoms with Crippen molar-refractivity contribution in [1.82, 2.24) is 15.2 Å². The topological polar surface area (TPSA) is 74.3 Å². The van der Waals surface area contributed by atoms with Crippen LogP contribution in [0.3, 0.4) is 0 Å². The van der Waals surface area contributed by atoms with Crippen LogP contribution in [-0.2, 0) is 19.5 Å². The number of benzene rings is 3. The number of likely N-dealkylation sites (N-methyl/N-ethyl adjacent to an activating group) is 1. The Kier molecular flexibility index (Phi) is 6.87. The number of anilines is 1. The Balaban J connectivity index is 1.20. The predicted molar refractivity (Wildman–Crippen MR) is 142 cm³/mol. The first kappa shape index (κ1) is 23.5. The van der Waals surface area contributed by atoms with Crippen molar-refractivity contribution in [1.29, 1.82) is 0 Å². The van der Waals surface area contributed by atoms with Crippen LogP contribution in [0.25, 0.3) is 11.1 Å². The van der Waals surface area contributed by atoms with E-state index in [4.69, 9.17) is 0 Å². The summed E-state index contributed by atoms with van der Waals surface area (Å²) in [6.45, 7) is 2.27. The first-order valence-electron chi connectivity index (χ1n) is 12.0. The lowest BCUT2D eigenvalue weighted by Gasteiger charge is -2.25. The Morgan fingerprint density at radius 2 is 1.72 bits per heavy atom. The SMILES string of the molecule is CN1CCc2ccc(NC(=O)c3cccc(CNC(=O)c4ccc(-c5cccnc5)cc4)c3)cc2C1.